The fourth-order valence-electron chi connectivity index (χ4n) is 4.31. The molecule has 0 bridgehead atoms. The summed E-state index contributed by atoms with van der Waals surface area (Å²) in [6.45, 7) is 8.92. The molecule has 2 N–H and O–H groups in total. The van der Waals surface area contributed by atoms with Crippen molar-refractivity contribution in [2.45, 2.75) is 0 Å². The van der Waals surface area contributed by atoms with Gasteiger partial charge in [-0.3, -0.25) is 4.90 Å². The fourth-order valence-corrected chi connectivity index (χ4v) is 4.72. The molecule has 1 aromatic carbocycles. The van der Waals surface area contributed by atoms with Crippen molar-refractivity contribution in [3.63, 3.8) is 0 Å². The first-order valence-electron chi connectivity index (χ1n) is 11.7. The van der Waals surface area contributed by atoms with E-state index in [1.54, 1.807) is 0 Å². The number of benzene rings is 1. The van der Waals surface area contributed by atoms with E-state index in [9.17, 15) is 0 Å². The molecule has 2 aliphatic rings. The minimum Gasteiger partial charge on any atom is -0.492 e. The van der Waals surface area contributed by atoms with Crippen molar-refractivity contribution in [1.29, 1.82) is 0 Å². The van der Waals surface area contributed by atoms with Gasteiger partial charge in [0.05, 0.1) is 18.2 Å². The van der Waals surface area contributed by atoms with Gasteiger partial charge in [0.1, 0.15) is 29.1 Å². The Morgan fingerprint density at radius 2 is 1.85 bits per heavy atom. The summed E-state index contributed by atoms with van der Waals surface area (Å²) in [5, 5.41) is 5.24. The van der Waals surface area contributed by atoms with Crippen LogP contribution < -0.4 is 15.0 Å². The van der Waals surface area contributed by atoms with Crippen molar-refractivity contribution < 1.29 is 9.47 Å². The Kier molecular flexibility index (Phi) is 7.32. The van der Waals surface area contributed by atoms with Crippen LogP contribution in [0.15, 0.2) is 30.3 Å². The summed E-state index contributed by atoms with van der Waals surface area (Å²) < 4.78 is 11.7. The second-order valence-electron chi connectivity index (χ2n) is 8.78. The summed E-state index contributed by atoms with van der Waals surface area (Å²) >= 11 is 12.5. The maximum absolute atomic E-state index is 6.35. The highest BCUT2D eigenvalue weighted by Gasteiger charge is 2.17. The number of fused-ring (bicyclic) bond motifs is 1. The number of halogens is 2. The third-order valence-electron chi connectivity index (χ3n) is 6.36. The highest BCUT2D eigenvalue weighted by atomic mass is 35.5. The van der Waals surface area contributed by atoms with Crippen LogP contribution in [0.1, 0.15) is 0 Å². The van der Waals surface area contributed by atoms with Crippen LogP contribution in [0.25, 0.3) is 10.9 Å². The lowest BCUT2D eigenvalue weighted by Gasteiger charge is -2.32. The summed E-state index contributed by atoms with van der Waals surface area (Å²) in [5.41, 5.74) is 1.77. The SMILES string of the molecule is CN1CCN(CCOc2cc(Nc3ccc4[nH]c(Cl)c(Cl)c4c3)nc(N3CCOCC3)c2)CC1. The number of hydrogen-bond acceptors (Lipinski definition) is 7. The first kappa shape index (κ1) is 23.5. The van der Waals surface area contributed by atoms with Crippen LogP contribution in [0.5, 0.6) is 5.75 Å². The molecule has 3 aromatic rings. The van der Waals surface area contributed by atoms with Gasteiger partial charge < -0.3 is 29.6 Å². The molecule has 0 amide bonds. The molecule has 8 nitrogen and oxygen atoms in total. The number of likely N-dealkylation sites (N-methyl/N-ethyl adjacent to an activating group) is 1. The molecule has 4 heterocycles. The number of hydrogen-bond donors (Lipinski definition) is 2. The van der Waals surface area contributed by atoms with Crippen LogP contribution in [0, 0.1) is 0 Å². The van der Waals surface area contributed by atoms with Gasteiger partial charge >= 0.3 is 0 Å². The molecule has 5 rings (SSSR count). The standard InChI is InChI=1S/C24H30Cl2N6O2/c1-30-4-6-31(7-5-30)8-13-34-18-15-21(29-22(16-18)32-9-11-33-12-10-32)27-17-2-3-20-19(14-17)23(25)24(26)28-20/h2-3,14-16,28H,4-13H2,1H3,(H,27,29). The Hall–Kier alpha value is -2.23. The van der Waals surface area contributed by atoms with E-state index in [2.05, 4.69) is 32.0 Å². The lowest BCUT2D eigenvalue weighted by Crippen LogP contribution is -2.45. The van der Waals surface area contributed by atoms with Crippen molar-refractivity contribution in [2.24, 2.45) is 0 Å². The number of morpholine rings is 1. The van der Waals surface area contributed by atoms with Gasteiger partial charge in [0.15, 0.2) is 0 Å². The molecule has 0 spiro atoms. The van der Waals surface area contributed by atoms with E-state index in [1.165, 1.54) is 0 Å². The molecule has 0 aliphatic carbocycles. The average molecular weight is 505 g/mol. The number of nitrogens with one attached hydrogen (secondary N) is 2. The average Bonchev–Trinajstić information content (AvgIpc) is 3.14. The number of aromatic amines is 1. The molecule has 2 aliphatic heterocycles. The van der Waals surface area contributed by atoms with Gasteiger partial charge in [0.2, 0.25) is 0 Å². The second-order valence-corrected chi connectivity index (χ2v) is 9.53. The summed E-state index contributed by atoms with van der Waals surface area (Å²) in [7, 11) is 2.17. The van der Waals surface area contributed by atoms with E-state index in [-0.39, 0.29) is 0 Å². The molecule has 182 valence electrons. The van der Waals surface area contributed by atoms with E-state index in [4.69, 9.17) is 37.7 Å². The predicted molar refractivity (Wildman–Crippen MR) is 138 cm³/mol. The van der Waals surface area contributed by atoms with Crippen LogP contribution in [-0.2, 0) is 4.74 Å². The highest BCUT2D eigenvalue weighted by molar-refractivity contribution is 6.45. The van der Waals surface area contributed by atoms with Crippen molar-refractivity contribution in [1.82, 2.24) is 19.8 Å². The monoisotopic (exact) mass is 504 g/mol. The van der Waals surface area contributed by atoms with Crippen molar-refractivity contribution in [2.75, 3.05) is 82.9 Å². The van der Waals surface area contributed by atoms with Crippen LogP contribution in [0.3, 0.4) is 0 Å². The third-order valence-corrected chi connectivity index (χ3v) is 7.13. The van der Waals surface area contributed by atoms with Gasteiger partial charge in [0, 0.05) is 74.5 Å². The fraction of sp³-hybridized carbons (Fsp3) is 0.458. The first-order chi connectivity index (χ1) is 16.5. The Labute approximate surface area is 209 Å². The number of pyridine rings is 1. The largest absolute Gasteiger partial charge is 0.492 e. The topological polar surface area (TPSA) is 68.9 Å². The van der Waals surface area contributed by atoms with E-state index >= 15 is 0 Å². The van der Waals surface area contributed by atoms with Crippen molar-refractivity contribution in [3.8, 4) is 5.75 Å². The maximum atomic E-state index is 6.35. The van der Waals surface area contributed by atoms with Gasteiger partial charge in [-0.05, 0) is 25.2 Å². The molecule has 0 saturated carbocycles. The van der Waals surface area contributed by atoms with Crippen LogP contribution in [-0.4, -0.2) is 92.4 Å². The first-order valence-corrected chi connectivity index (χ1v) is 12.4. The molecule has 0 atom stereocenters. The number of piperazine rings is 1. The quantitative estimate of drug-likeness (QED) is 0.502. The molecule has 34 heavy (non-hydrogen) atoms. The van der Waals surface area contributed by atoms with Gasteiger partial charge in [-0.1, -0.05) is 23.2 Å². The minimum absolute atomic E-state index is 0.442. The number of rotatable bonds is 7. The zero-order valence-electron chi connectivity index (χ0n) is 19.3. The highest BCUT2D eigenvalue weighted by Crippen LogP contribution is 2.34. The number of nitrogens with zero attached hydrogens (tertiary/aromatic N) is 4. The third kappa shape index (κ3) is 5.53. The molecule has 0 radical (unpaired) electrons. The molecule has 2 fully saturated rings. The van der Waals surface area contributed by atoms with E-state index in [0.717, 1.165) is 79.8 Å². The van der Waals surface area contributed by atoms with E-state index < -0.39 is 0 Å². The normalized spacial score (nSPS) is 17.9. The Bertz CT molecular complexity index is 1130. The van der Waals surface area contributed by atoms with E-state index in [0.29, 0.717) is 30.0 Å². The lowest BCUT2D eigenvalue weighted by molar-refractivity contribution is 0.122. The van der Waals surface area contributed by atoms with Gasteiger partial charge in [-0.15, -0.1) is 0 Å². The smallest absolute Gasteiger partial charge is 0.136 e. The minimum atomic E-state index is 0.442. The molecular weight excluding hydrogens is 475 g/mol. The molecule has 0 unspecified atom stereocenters. The van der Waals surface area contributed by atoms with E-state index in [1.807, 2.05) is 30.3 Å². The summed E-state index contributed by atoms with van der Waals surface area (Å²) in [5.74, 6) is 2.40. The molecule has 10 heteroatoms. The summed E-state index contributed by atoms with van der Waals surface area (Å²) in [6, 6.07) is 9.87. The van der Waals surface area contributed by atoms with Crippen molar-refractivity contribution in [3.05, 3.63) is 40.5 Å². The molecular formula is C24H30Cl2N6O2. The Morgan fingerprint density at radius 3 is 2.65 bits per heavy atom. The van der Waals surface area contributed by atoms with Gasteiger partial charge in [-0.2, -0.15) is 0 Å². The zero-order valence-corrected chi connectivity index (χ0v) is 20.8. The van der Waals surface area contributed by atoms with Crippen LogP contribution in [0.2, 0.25) is 10.2 Å². The van der Waals surface area contributed by atoms with Gasteiger partial charge in [0.25, 0.3) is 0 Å². The van der Waals surface area contributed by atoms with Gasteiger partial charge in [-0.25, -0.2) is 4.98 Å². The number of H-pyrrole nitrogens is 1. The Balaban J connectivity index is 1.33. The summed E-state index contributed by atoms with van der Waals surface area (Å²) in [6.07, 6.45) is 0. The van der Waals surface area contributed by atoms with Crippen molar-refractivity contribution >= 4 is 51.4 Å². The summed E-state index contributed by atoms with van der Waals surface area (Å²) in [4.78, 5) is 15.0. The Morgan fingerprint density at radius 1 is 1.06 bits per heavy atom. The number of ether oxygens (including phenoxy) is 2. The molecule has 2 saturated heterocycles. The number of aromatic nitrogens is 2. The van der Waals surface area contributed by atoms with Crippen LogP contribution in [0.4, 0.5) is 17.3 Å². The second kappa shape index (κ2) is 10.6. The predicted octanol–water partition coefficient (Wildman–Crippen LogP) is 4.08. The maximum Gasteiger partial charge on any atom is 0.136 e. The zero-order chi connectivity index (χ0) is 23.5. The molecule has 2 aromatic heterocycles. The number of anilines is 3. The van der Waals surface area contributed by atoms with Crippen LogP contribution >= 0.6 is 23.2 Å². The lowest BCUT2D eigenvalue weighted by atomic mass is 10.2.